The Kier molecular flexibility index (Phi) is 7.16. The van der Waals surface area contributed by atoms with Crippen molar-refractivity contribution in [3.63, 3.8) is 0 Å². The minimum absolute atomic E-state index is 0.172. The van der Waals surface area contributed by atoms with Crippen molar-refractivity contribution in [2.45, 2.75) is 18.7 Å². The highest BCUT2D eigenvalue weighted by Gasteiger charge is 2.24. The summed E-state index contributed by atoms with van der Waals surface area (Å²) in [6.45, 7) is 3.87. The molecule has 0 bridgehead atoms. The zero-order valence-electron chi connectivity index (χ0n) is 17.4. The number of ether oxygens (including phenoxy) is 1. The molecule has 10 heteroatoms. The lowest BCUT2D eigenvalue weighted by Gasteiger charge is -2.19. The molecule has 0 aliphatic carbocycles. The summed E-state index contributed by atoms with van der Waals surface area (Å²) >= 11 is 0. The predicted octanol–water partition coefficient (Wildman–Crippen LogP) is 4.43. The second-order valence-corrected chi connectivity index (χ2v) is 8.56. The Morgan fingerprint density at radius 1 is 1.03 bits per heavy atom. The van der Waals surface area contributed by atoms with E-state index in [0.29, 0.717) is 5.75 Å². The standard InChI is InChI=1S/C22H21F2N3O4S/c1-3-27(4-2)32(29,30)18-10-11-20(24)19(13-18)22(28)26-16-7-12-21(25-14-16)31-17-8-5-15(23)6-9-17/h5-14H,3-4H2,1-2H3,(H,26,28). The van der Waals surface area contributed by atoms with Crippen molar-refractivity contribution in [3.05, 3.63) is 78.0 Å². The van der Waals surface area contributed by atoms with E-state index in [1.54, 1.807) is 13.8 Å². The smallest absolute Gasteiger partial charge is 0.258 e. The lowest BCUT2D eigenvalue weighted by molar-refractivity contribution is 0.102. The first-order chi connectivity index (χ1) is 15.2. The first-order valence-corrected chi connectivity index (χ1v) is 11.2. The van der Waals surface area contributed by atoms with E-state index in [4.69, 9.17) is 4.74 Å². The van der Waals surface area contributed by atoms with E-state index in [1.165, 1.54) is 46.9 Å². The number of benzene rings is 2. The zero-order chi connectivity index (χ0) is 23.3. The maximum absolute atomic E-state index is 14.3. The van der Waals surface area contributed by atoms with Crippen LogP contribution in [0.15, 0.2) is 65.7 Å². The molecule has 1 amide bonds. The van der Waals surface area contributed by atoms with Crippen molar-refractivity contribution < 1.29 is 26.7 Å². The number of nitrogens with zero attached hydrogens (tertiary/aromatic N) is 2. The summed E-state index contributed by atoms with van der Waals surface area (Å²) in [6.07, 6.45) is 1.30. The van der Waals surface area contributed by atoms with Gasteiger partial charge in [0.2, 0.25) is 15.9 Å². The molecule has 32 heavy (non-hydrogen) atoms. The highest BCUT2D eigenvalue weighted by molar-refractivity contribution is 7.89. The van der Waals surface area contributed by atoms with E-state index in [2.05, 4.69) is 10.3 Å². The lowest BCUT2D eigenvalue weighted by Crippen LogP contribution is -2.31. The third-order valence-corrected chi connectivity index (χ3v) is 6.60. The maximum atomic E-state index is 14.3. The van der Waals surface area contributed by atoms with Crippen molar-refractivity contribution in [2.24, 2.45) is 0 Å². The summed E-state index contributed by atoms with van der Waals surface area (Å²) in [7, 11) is -3.85. The molecule has 0 unspecified atom stereocenters. The van der Waals surface area contributed by atoms with Crippen molar-refractivity contribution in [1.82, 2.24) is 9.29 Å². The van der Waals surface area contributed by atoms with Gasteiger partial charge in [0.15, 0.2) is 0 Å². The number of anilines is 1. The molecule has 1 aromatic heterocycles. The SMILES string of the molecule is CCN(CC)S(=O)(=O)c1ccc(F)c(C(=O)Nc2ccc(Oc3ccc(F)cc3)nc2)c1. The van der Waals surface area contributed by atoms with Crippen LogP contribution in [0.2, 0.25) is 0 Å². The fourth-order valence-corrected chi connectivity index (χ4v) is 4.37. The van der Waals surface area contributed by atoms with E-state index < -0.39 is 33.1 Å². The van der Waals surface area contributed by atoms with Crippen LogP contribution in [0.4, 0.5) is 14.5 Å². The van der Waals surface area contributed by atoms with Crippen LogP contribution in [0, 0.1) is 11.6 Å². The molecule has 3 rings (SSSR count). The van der Waals surface area contributed by atoms with Gasteiger partial charge >= 0.3 is 0 Å². The van der Waals surface area contributed by atoms with E-state index in [1.807, 2.05) is 0 Å². The van der Waals surface area contributed by atoms with Gasteiger partial charge in [-0.15, -0.1) is 0 Å². The minimum atomic E-state index is -3.85. The fraction of sp³-hybridized carbons (Fsp3) is 0.182. The summed E-state index contributed by atoms with van der Waals surface area (Å²) in [6, 6.07) is 11.4. The van der Waals surface area contributed by atoms with E-state index >= 15 is 0 Å². The second-order valence-electron chi connectivity index (χ2n) is 6.63. The number of sulfonamides is 1. The summed E-state index contributed by atoms with van der Waals surface area (Å²) in [4.78, 5) is 16.4. The Labute approximate surface area is 184 Å². The molecule has 0 saturated carbocycles. The normalized spacial score (nSPS) is 11.4. The summed E-state index contributed by atoms with van der Waals surface area (Å²) in [5.41, 5.74) is -0.164. The highest BCUT2D eigenvalue weighted by atomic mass is 32.2. The van der Waals surface area contributed by atoms with E-state index in [-0.39, 0.29) is 29.6 Å². The van der Waals surface area contributed by atoms with Crippen LogP contribution < -0.4 is 10.1 Å². The molecular weight excluding hydrogens is 440 g/mol. The van der Waals surface area contributed by atoms with Gasteiger partial charge in [-0.1, -0.05) is 13.8 Å². The van der Waals surface area contributed by atoms with Gasteiger partial charge in [0.25, 0.3) is 5.91 Å². The third-order valence-electron chi connectivity index (χ3n) is 4.56. The molecule has 0 radical (unpaired) electrons. The van der Waals surface area contributed by atoms with Gasteiger partial charge in [-0.25, -0.2) is 22.2 Å². The van der Waals surface area contributed by atoms with Crippen molar-refractivity contribution in [3.8, 4) is 11.6 Å². The number of amides is 1. The monoisotopic (exact) mass is 461 g/mol. The number of aromatic nitrogens is 1. The zero-order valence-corrected chi connectivity index (χ0v) is 18.2. The summed E-state index contributed by atoms with van der Waals surface area (Å²) in [5, 5.41) is 2.48. The number of nitrogens with one attached hydrogen (secondary N) is 1. The van der Waals surface area contributed by atoms with Gasteiger partial charge in [0.1, 0.15) is 17.4 Å². The van der Waals surface area contributed by atoms with E-state index in [0.717, 1.165) is 18.2 Å². The summed E-state index contributed by atoms with van der Waals surface area (Å²) < 4.78 is 59.3. The van der Waals surface area contributed by atoms with Crippen LogP contribution in [-0.2, 0) is 10.0 Å². The fourth-order valence-electron chi connectivity index (χ4n) is 2.89. The average Bonchev–Trinajstić information content (AvgIpc) is 2.77. The third kappa shape index (κ3) is 5.27. The lowest BCUT2D eigenvalue weighted by atomic mass is 10.2. The molecule has 0 spiro atoms. The first-order valence-electron chi connectivity index (χ1n) is 9.75. The Morgan fingerprint density at radius 2 is 1.72 bits per heavy atom. The topological polar surface area (TPSA) is 88.6 Å². The van der Waals surface area contributed by atoms with Crippen LogP contribution in [0.1, 0.15) is 24.2 Å². The number of carbonyl (C=O) groups excluding carboxylic acids is 1. The first kappa shape index (κ1) is 23.3. The number of carbonyl (C=O) groups is 1. The molecule has 0 saturated heterocycles. The van der Waals surface area contributed by atoms with Crippen LogP contribution >= 0.6 is 0 Å². The highest BCUT2D eigenvalue weighted by Crippen LogP contribution is 2.22. The van der Waals surface area contributed by atoms with Crippen molar-refractivity contribution in [1.29, 1.82) is 0 Å². The quantitative estimate of drug-likeness (QED) is 0.536. The predicted molar refractivity (Wildman–Crippen MR) is 115 cm³/mol. The number of hydrogen-bond donors (Lipinski definition) is 1. The number of halogens is 2. The largest absolute Gasteiger partial charge is 0.439 e. The van der Waals surface area contributed by atoms with Gasteiger partial charge < -0.3 is 10.1 Å². The van der Waals surface area contributed by atoms with Crippen LogP contribution in [0.3, 0.4) is 0 Å². The van der Waals surface area contributed by atoms with Gasteiger partial charge in [0.05, 0.1) is 22.3 Å². The van der Waals surface area contributed by atoms with Gasteiger partial charge in [-0.05, 0) is 48.5 Å². The Hall–Kier alpha value is -3.37. The van der Waals surface area contributed by atoms with Gasteiger partial charge in [0, 0.05) is 19.2 Å². The average molecular weight is 461 g/mol. The van der Waals surface area contributed by atoms with Crippen LogP contribution in [0.5, 0.6) is 11.6 Å². The minimum Gasteiger partial charge on any atom is -0.439 e. The second kappa shape index (κ2) is 9.84. The molecule has 1 heterocycles. The van der Waals surface area contributed by atoms with Crippen molar-refractivity contribution in [2.75, 3.05) is 18.4 Å². The molecule has 0 atom stereocenters. The molecule has 1 N–H and O–H groups in total. The molecule has 168 valence electrons. The van der Waals surface area contributed by atoms with E-state index in [9.17, 15) is 22.0 Å². The Balaban J connectivity index is 1.76. The summed E-state index contributed by atoms with van der Waals surface area (Å²) in [5.74, 6) is -1.50. The van der Waals surface area contributed by atoms with Gasteiger partial charge in [-0.2, -0.15) is 4.31 Å². The van der Waals surface area contributed by atoms with Crippen LogP contribution in [0.25, 0.3) is 0 Å². The van der Waals surface area contributed by atoms with Crippen molar-refractivity contribution >= 4 is 21.6 Å². The molecule has 7 nitrogen and oxygen atoms in total. The molecule has 0 fully saturated rings. The molecular formula is C22H21F2N3O4S. The number of pyridine rings is 1. The number of hydrogen-bond acceptors (Lipinski definition) is 5. The molecule has 0 aliphatic heterocycles. The molecule has 3 aromatic rings. The molecule has 2 aromatic carbocycles. The Bertz CT molecular complexity index is 1200. The van der Waals surface area contributed by atoms with Crippen LogP contribution in [-0.4, -0.2) is 36.7 Å². The van der Waals surface area contributed by atoms with Gasteiger partial charge in [-0.3, -0.25) is 4.79 Å². The Morgan fingerprint density at radius 3 is 2.31 bits per heavy atom. The molecule has 0 aliphatic rings. The maximum Gasteiger partial charge on any atom is 0.258 e. The number of rotatable bonds is 8.